The van der Waals surface area contributed by atoms with Crippen molar-refractivity contribution >= 4 is 22.1 Å². The van der Waals surface area contributed by atoms with Gasteiger partial charge in [0.2, 0.25) is 0 Å². The molecule has 0 aromatic carbocycles. The minimum Gasteiger partial charge on any atom is -0.344 e. The summed E-state index contributed by atoms with van der Waals surface area (Å²) in [6.07, 6.45) is 2.10. The van der Waals surface area contributed by atoms with Crippen molar-refractivity contribution in [2.45, 2.75) is 58.8 Å². The highest BCUT2D eigenvalue weighted by Crippen LogP contribution is 2.50. The van der Waals surface area contributed by atoms with Gasteiger partial charge < -0.3 is 4.90 Å². The van der Waals surface area contributed by atoms with Crippen LogP contribution in [0.1, 0.15) is 50.4 Å². The van der Waals surface area contributed by atoms with Gasteiger partial charge in [-0.3, -0.25) is 4.40 Å². The SMILES string of the molecule is Cc1nc2sc3c(n2c1N1CC(F)(F)C1)CC(C)(C)CC3(C)C. The minimum atomic E-state index is -2.56. The number of alkyl halides is 2. The van der Waals surface area contributed by atoms with Gasteiger partial charge in [0.15, 0.2) is 4.96 Å². The number of anilines is 1. The van der Waals surface area contributed by atoms with Crippen molar-refractivity contribution in [2.75, 3.05) is 18.0 Å². The molecule has 1 aliphatic heterocycles. The number of halogens is 2. The Morgan fingerprint density at radius 1 is 1.13 bits per heavy atom. The number of nitrogens with zero attached hydrogens (tertiary/aromatic N) is 3. The van der Waals surface area contributed by atoms with E-state index >= 15 is 0 Å². The second-order valence-corrected chi connectivity index (χ2v) is 9.61. The highest BCUT2D eigenvalue weighted by atomic mass is 32.1. The molecule has 0 bridgehead atoms. The van der Waals surface area contributed by atoms with Crippen LogP contribution in [0.3, 0.4) is 0 Å². The molecule has 4 rings (SSSR count). The van der Waals surface area contributed by atoms with E-state index in [0.717, 1.165) is 29.3 Å². The zero-order valence-electron chi connectivity index (χ0n) is 14.3. The van der Waals surface area contributed by atoms with Gasteiger partial charge in [0.05, 0.1) is 18.8 Å². The third-order valence-corrected chi connectivity index (χ3v) is 6.49. The Labute approximate surface area is 139 Å². The predicted octanol–water partition coefficient (Wildman–Crippen LogP) is 4.41. The van der Waals surface area contributed by atoms with E-state index < -0.39 is 5.92 Å². The highest BCUT2D eigenvalue weighted by molar-refractivity contribution is 7.17. The summed E-state index contributed by atoms with van der Waals surface area (Å²) in [5.74, 6) is -1.69. The van der Waals surface area contributed by atoms with Crippen LogP contribution in [0, 0.1) is 12.3 Å². The standard InChI is InChI=1S/C17H23F2N3S/c1-10-13(21-8-17(18,19)9-21)22-11-6-15(2,3)7-16(4,5)12(11)23-14(22)20-10/h6-9H2,1-5H3. The molecule has 3 heterocycles. The van der Waals surface area contributed by atoms with Crippen LogP contribution in [0.25, 0.3) is 4.96 Å². The summed E-state index contributed by atoms with van der Waals surface area (Å²) >= 11 is 1.73. The lowest BCUT2D eigenvalue weighted by molar-refractivity contribution is -0.0268. The molecule has 0 spiro atoms. The van der Waals surface area contributed by atoms with Gasteiger partial charge in [0, 0.05) is 16.0 Å². The van der Waals surface area contributed by atoms with E-state index in [4.69, 9.17) is 0 Å². The molecule has 1 saturated heterocycles. The lowest BCUT2D eigenvalue weighted by Crippen LogP contribution is -2.57. The quantitative estimate of drug-likeness (QED) is 0.767. The first-order chi connectivity index (χ1) is 10.5. The summed E-state index contributed by atoms with van der Waals surface area (Å²) in [5.41, 5.74) is 2.44. The van der Waals surface area contributed by atoms with Crippen molar-refractivity contribution in [3.05, 3.63) is 16.3 Å². The van der Waals surface area contributed by atoms with Crippen LogP contribution in [0.5, 0.6) is 0 Å². The number of imidazole rings is 1. The van der Waals surface area contributed by atoms with Crippen LogP contribution in [0.4, 0.5) is 14.6 Å². The zero-order chi connectivity index (χ0) is 16.8. The number of aromatic nitrogens is 2. The Hall–Kier alpha value is -1.17. The maximum Gasteiger partial charge on any atom is 0.282 e. The summed E-state index contributed by atoms with van der Waals surface area (Å²) in [6, 6.07) is 0. The predicted molar refractivity (Wildman–Crippen MR) is 90.1 cm³/mol. The molecule has 126 valence electrons. The van der Waals surface area contributed by atoms with Gasteiger partial charge in [-0.2, -0.15) is 0 Å². The van der Waals surface area contributed by atoms with E-state index in [2.05, 4.69) is 37.1 Å². The molecule has 2 aliphatic rings. The molecule has 0 atom stereocenters. The van der Waals surface area contributed by atoms with Gasteiger partial charge in [-0.25, -0.2) is 13.8 Å². The molecule has 0 N–H and O–H groups in total. The van der Waals surface area contributed by atoms with Crippen LogP contribution in [0.15, 0.2) is 0 Å². The Balaban J connectivity index is 1.90. The summed E-state index contributed by atoms with van der Waals surface area (Å²) < 4.78 is 28.9. The molecule has 1 fully saturated rings. The van der Waals surface area contributed by atoms with Crippen LogP contribution in [0.2, 0.25) is 0 Å². The molecule has 2 aromatic heterocycles. The molecule has 6 heteroatoms. The largest absolute Gasteiger partial charge is 0.344 e. The number of thiazole rings is 1. The van der Waals surface area contributed by atoms with Gasteiger partial charge in [-0.15, -0.1) is 11.3 Å². The normalized spacial score (nSPS) is 24.6. The summed E-state index contributed by atoms with van der Waals surface area (Å²) in [7, 11) is 0. The summed E-state index contributed by atoms with van der Waals surface area (Å²) in [5, 5.41) is 0. The average Bonchev–Trinajstić information content (AvgIpc) is 2.80. The van der Waals surface area contributed by atoms with Gasteiger partial charge in [-0.1, -0.05) is 27.7 Å². The van der Waals surface area contributed by atoms with E-state index in [1.54, 1.807) is 16.2 Å². The molecule has 23 heavy (non-hydrogen) atoms. The number of fused-ring (bicyclic) bond motifs is 3. The maximum atomic E-state index is 13.4. The van der Waals surface area contributed by atoms with Crippen molar-refractivity contribution in [2.24, 2.45) is 5.41 Å². The molecule has 0 radical (unpaired) electrons. The van der Waals surface area contributed by atoms with Crippen LogP contribution < -0.4 is 4.90 Å². The number of hydrogen-bond donors (Lipinski definition) is 0. The Morgan fingerprint density at radius 3 is 2.39 bits per heavy atom. The second kappa shape index (κ2) is 4.26. The van der Waals surface area contributed by atoms with Crippen LogP contribution in [-0.2, 0) is 11.8 Å². The third-order valence-electron chi connectivity index (χ3n) is 5.04. The zero-order valence-corrected chi connectivity index (χ0v) is 15.2. The van der Waals surface area contributed by atoms with Crippen LogP contribution >= 0.6 is 11.3 Å². The van der Waals surface area contributed by atoms with Crippen molar-refractivity contribution in [3.63, 3.8) is 0 Å². The Morgan fingerprint density at radius 2 is 1.78 bits per heavy atom. The summed E-state index contributed by atoms with van der Waals surface area (Å²) in [6.45, 7) is 10.7. The van der Waals surface area contributed by atoms with Crippen molar-refractivity contribution in [1.29, 1.82) is 0 Å². The minimum absolute atomic E-state index is 0.104. The van der Waals surface area contributed by atoms with Gasteiger partial charge in [0.25, 0.3) is 5.92 Å². The molecule has 1 aliphatic carbocycles. The van der Waals surface area contributed by atoms with Gasteiger partial charge >= 0.3 is 0 Å². The Kier molecular flexibility index (Phi) is 2.85. The summed E-state index contributed by atoms with van der Waals surface area (Å²) in [4.78, 5) is 8.77. The van der Waals surface area contributed by atoms with E-state index in [9.17, 15) is 8.78 Å². The maximum absolute atomic E-state index is 13.4. The molecular formula is C17H23F2N3S. The Bertz CT molecular complexity index is 792. The molecule has 2 aromatic rings. The monoisotopic (exact) mass is 339 g/mol. The van der Waals surface area contributed by atoms with Crippen molar-refractivity contribution < 1.29 is 8.78 Å². The number of hydrogen-bond acceptors (Lipinski definition) is 3. The molecular weight excluding hydrogens is 316 g/mol. The first-order valence-electron chi connectivity index (χ1n) is 8.13. The molecule has 0 amide bonds. The lowest BCUT2D eigenvalue weighted by atomic mass is 9.67. The molecule has 0 unspecified atom stereocenters. The fraction of sp³-hybridized carbons (Fsp3) is 0.706. The first kappa shape index (κ1) is 15.4. The van der Waals surface area contributed by atoms with Crippen LogP contribution in [-0.4, -0.2) is 28.4 Å². The van der Waals surface area contributed by atoms with E-state index in [0.29, 0.717) is 0 Å². The highest BCUT2D eigenvalue weighted by Gasteiger charge is 2.47. The number of rotatable bonds is 1. The topological polar surface area (TPSA) is 20.5 Å². The van der Waals surface area contributed by atoms with Gasteiger partial charge in [-0.05, 0) is 25.2 Å². The van der Waals surface area contributed by atoms with E-state index in [1.807, 2.05) is 6.92 Å². The molecule has 3 nitrogen and oxygen atoms in total. The number of aryl methyl sites for hydroxylation is 1. The first-order valence-corrected chi connectivity index (χ1v) is 8.95. The lowest BCUT2D eigenvalue weighted by Gasteiger charge is -2.42. The smallest absolute Gasteiger partial charge is 0.282 e. The second-order valence-electron chi connectivity index (χ2n) is 8.63. The van der Waals surface area contributed by atoms with E-state index in [-0.39, 0.29) is 23.9 Å². The third kappa shape index (κ3) is 2.21. The average molecular weight is 339 g/mol. The van der Waals surface area contributed by atoms with E-state index in [1.165, 1.54) is 10.6 Å². The van der Waals surface area contributed by atoms with Crippen molar-refractivity contribution in [1.82, 2.24) is 9.38 Å². The molecule has 0 saturated carbocycles. The fourth-order valence-corrected chi connectivity index (χ4v) is 5.85. The fourth-order valence-electron chi connectivity index (χ4n) is 4.57. The van der Waals surface area contributed by atoms with Crippen molar-refractivity contribution in [3.8, 4) is 0 Å². The van der Waals surface area contributed by atoms with Gasteiger partial charge in [0.1, 0.15) is 5.82 Å².